The number of hydrogen-bond acceptors (Lipinski definition) is 4. The van der Waals surface area contributed by atoms with Crippen LogP contribution in [-0.2, 0) is 14.8 Å². The van der Waals surface area contributed by atoms with E-state index in [1.54, 1.807) is 24.3 Å². The topological polar surface area (TPSA) is 72.5 Å². The predicted octanol–water partition coefficient (Wildman–Crippen LogP) is 7.05. The lowest BCUT2D eigenvalue weighted by molar-refractivity contribution is -0.122. The lowest BCUT2D eigenvalue weighted by Crippen LogP contribution is -2.21. The van der Waals surface area contributed by atoms with Crippen molar-refractivity contribution in [3.05, 3.63) is 24.3 Å². The third kappa shape index (κ3) is 13.7. The van der Waals surface area contributed by atoms with Crippen LogP contribution in [0.5, 0.6) is 5.75 Å². The van der Waals surface area contributed by atoms with E-state index in [0.29, 0.717) is 24.3 Å². The molecule has 178 valence electrons. The molecule has 0 fully saturated rings. The molecule has 31 heavy (non-hydrogen) atoms. The van der Waals surface area contributed by atoms with E-state index in [2.05, 4.69) is 11.6 Å². The van der Waals surface area contributed by atoms with Crippen LogP contribution in [-0.4, -0.2) is 25.5 Å². The molecule has 0 spiro atoms. The van der Waals surface area contributed by atoms with Crippen LogP contribution in [0.3, 0.4) is 0 Å². The summed E-state index contributed by atoms with van der Waals surface area (Å²) < 4.78 is 31.9. The Labute approximate surface area is 194 Å². The Balaban J connectivity index is 2.23. The average Bonchev–Trinajstić information content (AvgIpc) is 2.74. The molecule has 1 aromatic carbocycles. The fourth-order valence-corrected chi connectivity index (χ4v) is 4.73. The Kier molecular flexibility index (Phi) is 14.7. The number of nitrogens with one attached hydrogen (secondary N) is 1. The number of unbranched alkanes of at least 4 members (excludes halogenated alkanes) is 10. The van der Waals surface area contributed by atoms with Crippen LogP contribution in [0.25, 0.3) is 0 Å². The van der Waals surface area contributed by atoms with Crippen molar-refractivity contribution >= 4 is 33.1 Å². The number of alkyl halides is 1. The first-order chi connectivity index (χ1) is 14.9. The van der Waals surface area contributed by atoms with Gasteiger partial charge in [0.05, 0.1) is 5.75 Å². The van der Waals surface area contributed by atoms with Crippen molar-refractivity contribution in [3.63, 3.8) is 0 Å². The second-order valence-electron chi connectivity index (χ2n) is 8.13. The molecule has 1 aromatic rings. The molecule has 0 saturated carbocycles. The van der Waals surface area contributed by atoms with Gasteiger partial charge >= 0.3 is 0 Å². The number of ether oxygens (including phenoxy) is 1. The second kappa shape index (κ2) is 16.4. The quantitative estimate of drug-likeness (QED) is 0.172. The van der Waals surface area contributed by atoms with E-state index in [9.17, 15) is 13.2 Å². The average molecular weight is 474 g/mol. The van der Waals surface area contributed by atoms with Gasteiger partial charge in [0.15, 0.2) is 5.78 Å². The lowest BCUT2D eigenvalue weighted by Gasteiger charge is -2.13. The summed E-state index contributed by atoms with van der Waals surface area (Å²) in [7, 11) is -3.34. The summed E-state index contributed by atoms with van der Waals surface area (Å²) in [5.41, 5.74) is -0.558. The van der Waals surface area contributed by atoms with Crippen LogP contribution in [0.15, 0.2) is 24.3 Å². The van der Waals surface area contributed by atoms with E-state index in [1.807, 2.05) is 6.92 Å². The minimum Gasteiger partial charge on any atom is -0.467 e. The van der Waals surface area contributed by atoms with Crippen molar-refractivity contribution in [1.82, 2.24) is 0 Å². The van der Waals surface area contributed by atoms with Crippen LogP contribution in [0.4, 0.5) is 5.69 Å². The maximum atomic E-state index is 12.2. The van der Waals surface area contributed by atoms with Crippen LogP contribution >= 0.6 is 11.6 Å². The van der Waals surface area contributed by atoms with E-state index in [-0.39, 0.29) is 11.5 Å². The number of ketones is 1. The normalized spacial score (nSPS) is 12.5. The number of Topliss-reactive ketones (excluding diaryl/α,β-unsaturated/α-hetero) is 1. The number of carbonyl (C=O) groups is 1. The van der Waals surface area contributed by atoms with E-state index < -0.39 is 15.6 Å². The standard InChI is InChI=1S/C24H40ClNO4S/c1-3-5-7-8-9-10-11-12-13-14-15-23(27)24(25)30-22-18-16-21(17-19-22)26-31(28,29)20-6-4-2/h16-19,24,26H,3-15,20H2,1-2H3. The zero-order valence-electron chi connectivity index (χ0n) is 19.2. The Hall–Kier alpha value is -1.27. The van der Waals surface area contributed by atoms with Gasteiger partial charge < -0.3 is 4.74 Å². The van der Waals surface area contributed by atoms with Crippen molar-refractivity contribution in [3.8, 4) is 5.75 Å². The van der Waals surface area contributed by atoms with E-state index in [0.717, 1.165) is 25.7 Å². The summed E-state index contributed by atoms with van der Waals surface area (Å²) in [5, 5.41) is 0. The van der Waals surface area contributed by atoms with E-state index >= 15 is 0 Å². The first-order valence-electron chi connectivity index (χ1n) is 11.8. The van der Waals surface area contributed by atoms with Gasteiger partial charge in [-0.05, 0) is 37.1 Å². The van der Waals surface area contributed by atoms with Crippen molar-refractivity contribution in [2.75, 3.05) is 10.5 Å². The van der Waals surface area contributed by atoms with E-state index in [4.69, 9.17) is 16.3 Å². The number of carbonyl (C=O) groups excluding carboxylic acids is 1. The molecule has 0 aliphatic heterocycles. The Bertz CT molecular complexity index is 707. The molecular formula is C24H40ClNO4S. The fraction of sp³-hybridized carbons (Fsp3) is 0.708. The summed E-state index contributed by atoms with van der Waals surface area (Å²) in [6.07, 6.45) is 14.0. The molecule has 5 nitrogen and oxygen atoms in total. The summed E-state index contributed by atoms with van der Waals surface area (Å²) >= 11 is 6.11. The highest BCUT2D eigenvalue weighted by Gasteiger charge is 2.17. The predicted molar refractivity (Wildman–Crippen MR) is 130 cm³/mol. The second-order valence-corrected chi connectivity index (χ2v) is 10.4. The molecule has 1 rings (SSSR count). The van der Waals surface area contributed by atoms with Crippen molar-refractivity contribution in [2.24, 2.45) is 0 Å². The minimum atomic E-state index is -3.34. The van der Waals surface area contributed by atoms with Crippen LogP contribution in [0.2, 0.25) is 0 Å². The smallest absolute Gasteiger partial charge is 0.232 e. The molecule has 0 aliphatic rings. The first kappa shape index (κ1) is 27.8. The molecule has 0 bridgehead atoms. The highest BCUT2D eigenvalue weighted by atomic mass is 35.5. The molecule has 1 atom stereocenters. The van der Waals surface area contributed by atoms with Crippen LogP contribution in [0.1, 0.15) is 97.3 Å². The molecule has 0 amide bonds. The van der Waals surface area contributed by atoms with Crippen molar-refractivity contribution in [2.45, 2.75) is 103 Å². The lowest BCUT2D eigenvalue weighted by atomic mass is 10.1. The first-order valence-corrected chi connectivity index (χ1v) is 13.9. The zero-order valence-corrected chi connectivity index (χ0v) is 20.8. The number of rotatable bonds is 19. The molecule has 0 aliphatic carbocycles. The molecular weight excluding hydrogens is 434 g/mol. The molecule has 0 aromatic heterocycles. The highest BCUT2D eigenvalue weighted by Crippen LogP contribution is 2.20. The van der Waals surface area contributed by atoms with Gasteiger partial charge in [-0.15, -0.1) is 0 Å². The molecule has 0 saturated heterocycles. The molecule has 7 heteroatoms. The SMILES string of the molecule is CCCCCCCCCCCCC(=O)C(Cl)Oc1ccc(NS(=O)(=O)CCCC)cc1. The van der Waals surface area contributed by atoms with Gasteiger partial charge in [-0.2, -0.15) is 0 Å². The minimum absolute atomic E-state index is 0.0962. The number of sulfonamides is 1. The van der Waals surface area contributed by atoms with Gasteiger partial charge in [0.25, 0.3) is 0 Å². The van der Waals surface area contributed by atoms with Crippen LogP contribution in [0, 0.1) is 0 Å². The third-order valence-electron chi connectivity index (χ3n) is 5.16. The molecule has 0 heterocycles. The van der Waals surface area contributed by atoms with E-state index in [1.165, 1.54) is 44.9 Å². The number of anilines is 1. The summed E-state index contributed by atoms with van der Waals surface area (Å²) in [6, 6.07) is 6.44. The molecule has 1 unspecified atom stereocenters. The van der Waals surface area contributed by atoms with Gasteiger partial charge in [-0.3, -0.25) is 9.52 Å². The molecule has 1 N–H and O–H groups in total. The Morgan fingerprint density at radius 3 is 1.94 bits per heavy atom. The fourth-order valence-electron chi connectivity index (χ4n) is 3.25. The van der Waals surface area contributed by atoms with Gasteiger partial charge in [0.2, 0.25) is 15.6 Å². The Morgan fingerprint density at radius 2 is 1.39 bits per heavy atom. The number of halogens is 1. The summed E-state index contributed by atoms with van der Waals surface area (Å²) in [4.78, 5) is 12.2. The third-order valence-corrected chi connectivity index (χ3v) is 6.87. The van der Waals surface area contributed by atoms with Gasteiger partial charge in [0.1, 0.15) is 5.75 Å². The Morgan fingerprint density at radius 1 is 0.871 bits per heavy atom. The number of hydrogen-bond donors (Lipinski definition) is 1. The largest absolute Gasteiger partial charge is 0.467 e. The number of benzene rings is 1. The molecule has 0 radical (unpaired) electrons. The zero-order chi connectivity index (χ0) is 23.0. The van der Waals surface area contributed by atoms with Gasteiger partial charge in [0, 0.05) is 12.1 Å². The van der Waals surface area contributed by atoms with Gasteiger partial charge in [-0.25, -0.2) is 8.42 Å². The van der Waals surface area contributed by atoms with Crippen molar-refractivity contribution < 1.29 is 17.9 Å². The summed E-state index contributed by atoms with van der Waals surface area (Å²) in [6.45, 7) is 4.18. The summed E-state index contributed by atoms with van der Waals surface area (Å²) in [5.74, 6) is 0.414. The van der Waals surface area contributed by atoms with Crippen LogP contribution < -0.4 is 9.46 Å². The maximum Gasteiger partial charge on any atom is 0.232 e. The monoisotopic (exact) mass is 473 g/mol. The van der Waals surface area contributed by atoms with Crippen molar-refractivity contribution in [1.29, 1.82) is 0 Å². The highest BCUT2D eigenvalue weighted by molar-refractivity contribution is 7.92. The van der Waals surface area contributed by atoms with Gasteiger partial charge in [-0.1, -0.05) is 89.7 Å². The maximum absolute atomic E-state index is 12.2.